The van der Waals surface area contributed by atoms with Crippen molar-refractivity contribution in [3.05, 3.63) is 33.9 Å². The summed E-state index contributed by atoms with van der Waals surface area (Å²) in [4.78, 5) is 53.3. The van der Waals surface area contributed by atoms with Crippen molar-refractivity contribution in [1.82, 2.24) is 10.2 Å². The van der Waals surface area contributed by atoms with Crippen LogP contribution in [0.25, 0.3) is 0 Å². The molecule has 0 spiro atoms. The lowest BCUT2D eigenvalue weighted by molar-refractivity contribution is -0.183. The number of carbonyl (C=O) groups is 4. The molecule has 0 amide bonds. The minimum absolute atomic E-state index is 0.0174. The topological polar surface area (TPSA) is 231 Å². The van der Waals surface area contributed by atoms with Gasteiger partial charge in [0, 0.05) is 31.0 Å². The van der Waals surface area contributed by atoms with Crippen molar-refractivity contribution in [2.24, 2.45) is 17.8 Å². The first-order chi connectivity index (χ1) is 30.1. The van der Waals surface area contributed by atoms with E-state index >= 15 is 0 Å². The molecule has 16 heteroatoms. The van der Waals surface area contributed by atoms with E-state index in [2.05, 4.69) is 5.32 Å². The first-order valence-electron chi connectivity index (χ1n) is 23.0. The fourth-order valence-electron chi connectivity index (χ4n) is 7.24. The predicted octanol–water partition coefficient (Wildman–Crippen LogP) is 5.99. The summed E-state index contributed by atoms with van der Waals surface area (Å²) in [5.74, 6) is -4.29. The van der Waals surface area contributed by atoms with E-state index in [9.17, 15) is 39.6 Å². The van der Waals surface area contributed by atoms with Crippen LogP contribution in [-0.4, -0.2) is 144 Å². The summed E-state index contributed by atoms with van der Waals surface area (Å²) in [6.45, 7) is 24.9. The summed E-state index contributed by atoms with van der Waals surface area (Å²) >= 11 is 0. The second-order valence-electron chi connectivity index (χ2n) is 17.8. The van der Waals surface area contributed by atoms with E-state index in [-0.39, 0.29) is 62.3 Å². The van der Waals surface area contributed by atoms with Gasteiger partial charge in [-0.05, 0) is 119 Å². The van der Waals surface area contributed by atoms with E-state index in [4.69, 9.17) is 28.8 Å². The first-order valence-corrected chi connectivity index (χ1v) is 23.0. The fourth-order valence-corrected chi connectivity index (χ4v) is 7.24. The Bertz CT molecular complexity index is 1620. The number of nitrogens with one attached hydrogen (secondary N) is 1. The molecule has 0 heterocycles. The second kappa shape index (κ2) is 31.2. The Morgan fingerprint density at radius 2 is 1.45 bits per heavy atom. The Hall–Kier alpha value is -3.80. The molecule has 0 saturated heterocycles. The van der Waals surface area contributed by atoms with Crippen molar-refractivity contribution in [1.29, 1.82) is 0 Å². The number of aliphatic hydroxyl groups excluding tert-OH is 2. The van der Waals surface area contributed by atoms with Crippen LogP contribution < -0.4 is 10.1 Å². The second-order valence-corrected chi connectivity index (χ2v) is 17.8. The first kappa shape index (κ1) is 63.3. The number of ether oxygens (including phenoxy) is 5. The molecule has 0 aromatic heterocycles. The SMILES string of the molecule is CC.CC[C@@H](OC(=O)[C@H](C)[C@@H](OC(=O)CNCCOC(=O)CC/C(C)=C/Cc1c(O)c(C(=O)OC)c(C)c(C)c1OC)[C@H](C)[C@@H](O)[C@](C)(O)C[C@@H](C)CN(C)C)C(C)(C)O.CC[C@H](C)O. The highest BCUT2D eigenvalue weighted by Gasteiger charge is 2.44. The van der Waals surface area contributed by atoms with Crippen molar-refractivity contribution < 1.29 is 68.4 Å². The molecule has 0 unspecified atom stereocenters. The number of methoxy groups -OCH3 is 2. The number of aromatic hydroxyl groups is 1. The summed E-state index contributed by atoms with van der Waals surface area (Å²) in [6.07, 6.45) is 0.450. The third-order valence-electron chi connectivity index (χ3n) is 11.1. The number of aliphatic hydroxyl groups is 4. The molecule has 0 aliphatic rings. The Kier molecular flexibility index (Phi) is 30.4. The fraction of sp³-hybridized carbons (Fsp3) is 0.755. The zero-order chi connectivity index (χ0) is 51.0. The van der Waals surface area contributed by atoms with Gasteiger partial charge in [-0.1, -0.05) is 53.2 Å². The Morgan fingerprint density at radius 1 is 0.877 bits per heavy atom. The third-order valence-corrected chi connectivity index (χ3v) is 11.1. The quantitative estimate of drug-likeness (QED) is 0.0271. The largest absolute Gasteiger partial charge is 0.507 e. The van der Waals surface area contributed by atoms with Crippen LogP contribution in [0.3, 0.4) is 0 Å². The molecule has 16 nitrogen and oxygen atoms in total. The Morgan fingerprint density at radius 3 is 1.92 bits per heavy atom. The molecule has 0 bridgehead atoms. The van der Waals surface area contributed by atoms with Crippen LogP contribution in [0.5, 0.6) is 11.5 Å². The summed E-state index contributed by atoms with van der Waals surface area (Å²) in [5, 5.41) is 55.4. The average Bonchev–Trinajstić information content (AvgIpc) is 3.23. The molecule has 0 aliphatic carbocycles. The van der Waals surface area contributed by atoms with Gasteiger partial charge in [0.2, 0.25) is 0 Å². The van der Waals surface area contributed by atoms with E-state index in [0.29, 0.717) is 41.8 Å². The van der Waals surface area contributed by atoms with Crippen molar-refractivity contribution >= 4 is 23.9 Å². The summed E-state index contributed by atoms with van der Waals surface area (Å²) in [6, 6.07) is 0. The number of rotatable bonds is 26. The van der Waals surface area contributed by atoms with Crippen molar-refractivity contribution in [2.75, 3.05) is 54.6 Å². The van der Waals surface area contributed by atoms with Gasteiger partial charge < -0.3 is 59.4 Å². The van der Waals surface area contributed by atoms with Crippen LogP contribution in [0, 0.1) is 31.6 Å². The molecule has 6 N–H and O–H groups in total. The average molecular weight is 929 g/mol. The molecule has 0 saturated carbocycles. The normalized spacial score (nSPS) is 15.8. The van der Waals surface area contributed by atoms with Crippen molar-refractivity contribution in [2.45, 2.75) is 171 Å². The van der Waals surface area contributed by atoms with Gasteiger partial charge in [-0.3, -0.25) is 14.4 Å². The van der Waals surface area contributed by atoms with Crippen LogP contribution in [0.1, 0.15) is 142 Å². The lowest BCUT2D eigenvalue weighted by Gasteiger charge is -2.39. The molecule has 1 aromatic carbocycles. The summed E-state index contributed by atoms with van der Waals surface area (Å²) < 4.78 is 27.1. The zero-order valence-corrected chi connectivity index (χ0v) is 43.0. The van der Waals surface area contributed by atoms with Crippen LogP contribution >= 0.6 is 0 Å². The number of hydrogen-bond acceptors (Lipinski definition) is 16. The highest BCUT2D eigenvalue weighted by atomic mass is 16.6. The highest BCUT2D eigenvalue weighted by molar-refractivity contribution is 5.95. The number of nitrogens with zero attached hydrogens (tertiary/aromatic N) is 1. The number of allylic oxidation sites excluding steroid dienone is 2. The molecule has 8 atom stereocenters. The van der Waals surface area contributed by atoms with Gasteiger partial charge in [0.25, 0.3) is 0 Å². The van der Waals surface area contributed by atoms with E-state index < -0.39 is 65.2 Å². The minimum Gasteiger partial charge on any atom is -0.507 e. The van der Waals surface area contributed by atoms with Gasteiger partial charge in [-0.2, -0.15) is 0 Å². The molecule has 65 heavy (non-hydrogen) atoms. The summed E-state index contributed by atoms with van der Waals surface area (Å²) in [7, 11) is 6.56. The Balaban J connectivity index is 0. The zero-order valence-electron chi connectivity index (χ0n) is 43.0. The highest BCUT2D eigenvalue weighted by Crippen LogP contribution is 2.39. The van der Waals surface area contributed by atoms with Crippen LogP contribution in [0.2, 0.25) is 0 Å². The van der Waals surface area contributed by atoms with Gasteiger partial charge in [0.05, 0.1) is 50.1 Å². The molecular formula is C49H88N2O14. The van der Waals surface area contributed by atoms with E-state index in [1.54, 1.807) is 34.6 Å². The lowest BCUT2D eigenvalue weighted by atomic mass is 9.78. The number of carbonyl (C=O) groups excluding carboxylic acids is 4. The Labute approximate surface area is 390 Å². The van der Waals surface area contributed by atoms with E-state index in [1.807, 2.05) is 59.7 Å². The van der Waals surface area contributed by atoms with Gasteiger partial charge in [0.15, 0.2) is 0 Å². The number of benzene rings is 1. The number of esters is 4. The van der Waals surface area contributed by atoms with Crippen LogP contribution in [0.4, 0.5) is 0 Å². The lowest BCUT2D eigenvalue weighted by Crippen LogP contribution is -2.52. The molecule has 0 radical (unpaired) electrons. The monoisotopic (exact) mass is 929 g/mol. The molecular weight excluding hydrogens is 841 g/mol. The maximum Gasteiger partial charge on any atom is 0.341 e. The van der Waals surface area contributed by atoms with Gasteiger partial charge >= 0.3 is 23.9 Å². The maximum atomic E-state index is 13.4. The summed E-state index contributed by atoms with van der Waals surface area (Å²) in [5.41, 5.74) is -0.291. The molecule has 1 rings (SSSR count). The molecule has 0 aliphatic heterocycles. The van der Waals surface area contributed by atoms with Crippen molar-refractivity contribution in [3.63, 3.8) is 0 Å². The standard InChI is InChI=1S/C43H72N2O13.C4H10O.C2H6/c1-15-32(42(8,9)52)57-40(50)30(7)37(29(6)39(49)43(10,53)22-26(3)24-45(11)12)58-34(47)23-44-20-21-56-33(46)19-17-25(2)16-18-31-36(48)35(41(51)55-14)27(4)28(5)38(31)54-13;1-3-4(2)5;1-2/h16,26,29-30,32,37,39,44,48-49,52-53H,15,17-24H2,1-14H3;4-5H,3H2,1-2H3;1-2H3/b25-16+;;/t26-,29+,30-,32-,37+,39-,43-;4-;/m10./s1. The minimum atomic E-state index is -1.58. The molecule has 0 fully saturated rings. The van der Waals surface area contributed by atoms with E-state index in [1.165, 1.54) is 41.9 Å². The number of phenols is 1. The smallest absolute Gasteiger partial charge is 0.341 e. The van der Waals surface area contributed by atoms with E-state index in [0.717, 1.165) is 12.0 Å². The maximum absolute atomic E-state index is 13.4. The third kappa shape index (κ3) is 22.5. The van der Waals surface area contributed by atoms with Crippen molar-refractivity contribution in [3.8, 4) is 11.5 Å². The van der Waals surface area contributed by atoms with Gasteiger partial charge in [-0.25, -0.2) is 4.79 Å². The molecule has 1 aromatic rings. The van der Waals surface area contributed by atoms with Gasteiger partial charge in [0.1, 0.15) is 35.9 Å². The van der Waals surface area contributed by atoms with Crippen LogP contribution in [0.15, 0.2) is 11.6 Å². The number of hydrogen-bond donors (Lipinski definition) is 6. The molecule has 378 valence electrons. The van der Waals surface area contributed by atoms with Crippen LogP contribution in [-0.2, 0) is 39.8 Å². The van der Waals surface area contributed by atoms with Gasteiger partial charge in [-0.15, -0.1) is 0 Å². The predicted molar refractivity (Wildman–Crippen MR) is 253 cm³/mol. The number of phenolic OH excluding ortho intramolecular Hbond substituents is 1.